The van der Waals surface area contributed by atoms with Crippen LogP contribution < -0.4 is 11.1 Å². The molecule has 1 heterocycles. The summed E-state index contributed by atoms with van der Waals surface area (Å²) in [4.78, 5) is 23.9. The van der Waals surface area contributed by atoms with Crippen molar-refractivity contribution in [2.45, 2.75) is 26.2 Å². The molecular formula is C12H16N2O3S. The summed E-state index contributed by atoms with van der Waals surface area (Å²) < 4.78 is 4.55. The monoisotopic (exact) mass is 268 g/mol. The normalized spacial score (nSPS) is 18.0. The Kier molecular flexibility index (Phi) is 3.56. The first-order valence-corrected chi connectivity index (χ1v) is 6.63. The summed E-state index contributed by atoms with van der Waals surface area (Å²) in [6.07, 6.45) is 2.24. The fourth-order valence-corrected chi connectivity index (χ4v) is 3.65. The summed E-state index contributed by atoms with van der Waals surface area (Å²) in [5.41, 5.74) is 6.86. The van der Waals surface area contributed by atoms with Crippen LogP contribution in [-0.2, 0) is 17.6 Å². The van der Waals surface area contributed by atoms with E-state index in [-0.39, 0.29) is 0 Å². The lowest BCUT2D eigenvalue weighted by atomic mass is 9.88. The van der Waals surface area contributed by atoms with Crippen molar-refractivity contribution in [1.29, 1.82) is 0 Å². The molecule has 0 unspecified atom stereocenters. The van der Waals surface area contributed by atoms with Crippen LogP contribution in [0.4, 0.5) is 9.80 Å². The van der Waals surface area contributed by atoms with Crippen molar-refractivity contribution in [3.8, 4) is 0 Å². The number of nitrogens with one attached hydrogen (secondary N) is 1. The van der Waals surface area contributed by atoms with Crippen molar-refractivity contribution in [1.82, 2.24) is 0 Å². The van der Waals surface area contributed by atoms with E-state index in [1.54, 1.807) is 0 Å². The number of nitrogens with two attached hydrogens (primary N) is 1. The third-order valence-corrected chi connectivity index (χ3v) is 4.33. The minimum absolute atomic E-state index is 0.451. The number of amides is 2. The van der Waals surface area contributed by atoms with E-state index in [9.17, 15) is 9.59 Å². The molecule has 0 fully saturated rings. The Morgan fingerprint density at radius 1 is 1.50 bits per heavy atom. The third-order valence-electron chi connectivity index (χ3n) is 3.16. The smallest absolute Gasteiger partial charge is 0.411 e. The summed E-state index contributed by atoms with van der Waals surface area (Å²) in [6, 6.07) is 0. The van der Waals surface area contributed by atoms with Gasteiger partial charge in [0.15, 0.2) is 0 Å². The zero-order valence-electron chi connectivity index (χ0n) is 10.4. The lowest BCUT2D eigenvalue weighted by molar-refractivity contribution is 0.100. The maximum Gasteiger partial charge on any atom is 0.411 e. The van der Waals surface area contributed by atoms with Gasteiger partial charge in [-0.2, -0.15) is 0 Å². The number of anilines is 1. The van der Waals surface area contributed by atoms with Gasteiger partial charge in [0.1, 0.15) is 5.00 Å². The van der Waals surface area contributed by atoms with Crippen molar-refractivity contribution in [2.24, 2.45) is 11.7 Å². The summed E-state index contributed by atoms with van der Waals surface area (Å²) in [5, 5.41) is 3.08. The lowest BCUT2D eigenvalue weighted by Gasteiger charge is -2.18. The molecule has 2 amide bonds. The maximum absolute atomic E-state index is 11.5. The van der Waals surface area contributed by atoms with Crippen LogP contribution in [0.15, 0.2) is 0 Å². The van der Waals surface area contributed by atoms with E-state index in [1.807, 2.05) is 0 Å². The van der Waals surface area contributed by atoms with E-state index < -0.39 is 12.0 Å². The number of methoxy groups -OCH3 is 1. The number of primary amides is 1. The van der Waals surface area contributed by atoms with Crippen LogP contribution in [-0.4, -0.2) is 19.1 Å². The second kappa shape index (κ2) is 4.97. The Morgan fingerprint density at radius 3 is 2.83 bits per heavy atom. The van der Waals surface area contributed by atoms with Crippen LogP contribution in [0, 0.1) is 5.92 Å². The van der Waals surface area contributed by atoms with Gasteiger partial charge in [-0.25, -0.2) is 4.79 Å². The van der Waals surface area contributed by atoms with E-state index in [1.165, 1.54) is 18.4 Å². The quantitative estimate of drug-likeness (QED) is 0.862. The summed E-state index contributed by atoms with van der Waals surface area (Å²) >= 11 is 1.42. The van der Waals surface area contributed by atoms with Gasteiger partial charge in [-0.3, -0.25) is 10.1 Å². The van der Waals surface area contributed by atoms with Crippen LogP contribution in [0.3, 0.4) is 0 Å². The summed E-state index contributed by atoms with van der Waals surface area (Å²) in [6.45, 7) is 2.18. The van der Waals surface area contributed by atoms with E-state index in [0.717, 1.165) is 29.7 Å². The molecule has 0 aliphatic heterocycles. The topological polar surface area (TPSA) is 81.4 Å². The number of rotatable bonds is 2. The molecule has 1 aromatic heterocycles. The second-order valence-corrected chi connectivity index (χ2v) is 5.64. The van der Waals surface area contributed by atoms with Crippen LogP contribution in [0.2, 0.25) is 0 Å². The van der Waals surface area contributed by atoms with Crippen molar-refractivity contribution in [3.05, 3.63) is 16.0 Å². The molecule has 1 aliphatic rings. The highest BCUT2D eigenvalue weighted by molar-refractivity contribution is 7.17. The van der Waals surface area contributed by atoms with Crippen LogP contribution >= 0.6 is 11.3 Å². The first-order valence-electron chi connectivity index (χ1n) is 5.82. The predicted molar refractivity (Wildman–Crippen MR) is 70.1 cm³/mol. The first-order chi connectivity index (χ1) is 8.52. The van der Waals surface area contributed by atoms with Gasteiger partial charge in [-0.05, 0) is 30.7 Å². The highest BCUT2D eigenvalue weighted by atomic mass is 32.1. The molecule has 0 spiro atoms. The standard InChI is InChI=1S/C12H16N2O3S/c1-6-3-4-7-8(5-6)18-11(9(7)10(13)15)14-12(16)17-2/h6H,3-5H2,1-2H3,(H2,13,15)(H,14,16)/t6-/m1/s1. The molecule has 6 heteroatoms. The first kappa shape index (κ1) is 12.9. The Morgan fingerprint density at radius 2 is 2.22 bits per heavy atom. The van der Waals surface area contributed by atoms with Gasteiger partial charge < -0.3 is 10.5 Å². The molecule has 98 valence electrons. The molecule has 5 nitrogen and oxygen atoms in total. The highest BCUT2D eigenvalue weighted by Crippen LogP contribution is 2.39. The second-order valence-electron chi connectivity index (χ2n) is 4.54. The van der Waals surface area contributed by atoms with E-state index in [4.69, 9.17) is 5.73 Å². The van der Waals surface area contributed by atoms with Gasteiger partial charge in [0.05, 0.1) is 12.7 Å². The molecule has 3 N–H and O–H groups in total. The number of carbonyl (C=O) groups excluding carboxylic acids is 2. The van der Waals surface area contributed by atoms with Crippen molar-refractivity contribution < 1.29 is 14.3 Å². The number of hydrogen-bond donors (Lipinski definition) is 2. The Hall–Kier alpha value is -1.56. The molecule has 0 radical (unpaired) electrons. The number of hydrogen-bond acceptors (Lipinski definition) is 4. The Labute approximate surface area is 109 Å². The minimum atomic E-state index is -0.579. The minimum Gasteiger partial charge on any atom is -0.453 e. The average Bonchev–Trinajstić information content (AvgIpc) is 2.65. The molecule has 1 aliphatic carbocycles. The van der Waals surface area contributed by atoms with Gasteiger partial charge in [0.25, 0.3) is 5.91 Å². The Bertz CT molecular complexity index is 496. The lowest BCUT2D eigenvalue weighted by Crippen LogP contribution is -2.19. The molecule has 0 saturated heterocycles. The fourth-order valence-electron chi connectivity index (χ4n) is 2.24. The van der Waals surface area contributed by atoms with Crippen molar-refractivity contribution in [2.75, 3.05) is 12.4 Å². The molecule has 0 bridgehead atoms. The van der Waals surface area contributed by atoms with E-state index in [0.29, 0.717) is 16.5 Å². The van der Waals surface area contributed by atoms with Crippen molar-refractivity contribution in [3.63, 3.8) is 0 Å². The van der Waals surface area contributed by atoms with Crippen LogP contribution in [0.25, 0.3) is 0 Å². The third kappa shape index (κ3) is 2.33. The molecule has 0 aromatic carbocycles. The number of ether oxygens (including phenoxy) is 1. The SMILES string of the molecule is COC(=O)Nc1sc2c(c1C(N)=O)CC[C@@H](C)C2. The molecule has 1 aromatic rings. The molecule has 18 heavy (non-hydrogen) atoms. The van der Waals surface area contributed by atoms with Gasteiger partial charge in [-0.1, -0.05) is 6.92 Å². The zero-order valence-corrected chi connectivity index (χ0v) is 11.2. The molecule has 2 rings (SSSR count). The van der Waals surface area contributed by atoms with Gasteiger partial charge in [0.2, 0.25) is 0 Å². The Balaban J connectivity index is 2.40. The summed E-state index contributed by atoms with van der Waals surface area (Å²) in [5.74, 6) is 0.108. The van der Waals surface area contributed by atoms with Crippen molar-refractivity contribution >= 4 is 28.3 Å². The number of carbonyl (C=O) groups is 2. The van der Waals surface area contributed by atoms with Crippen LogP contribution in [0.1, 0.15) is 34.1 Å². The average molecular weight is 268 g/mol. The van der Waals surface area contributed by atoms with Crippen LogP contribution in [0.5, 0.6) is 0 Å². The van der Waals surface area contributed by atoms with Gasteiger partial charge >= 0.3 is 6.09 Å². The fraction of sp³-hybridized carbons (Fsp3) is 0.500. The summed E-state index contributed by atoms with van der Waals surface area (Å²) in [7, 11) is 1.29. The molecular weight excluding hydrogens is 252 g/mol. The van der Waals surface area contributed by atoms with Gasteiger partial charge in [0, 0.05) is 4.88 Å². The number of fused-ring (bicyclic) bond motifs is 1. The highest BCUT2D eigenvalue weighted by Gasteiger charge is 2.27. The van der Waals surface area contributed by atoms with E-state index >= 15 is 0 Å². The number of thiophene rings is 1. The van der Waals surface area contributed by atoms with E-state index in [2.05, 4.69) is 17.0 Å². The maximum atomic E-state index is 11.5. The molecule has 1 atom stereocenters. The van der Waals surface area contributed by atoms with Gasteiger partial charge in [-0.15, -0.1) is 11.3 Å². The largest absolute Gasteiger partial charge is 0.453 e. The zero-order chi connectivity index (χ0) is 13.3. The molecule has 0 saturated carbocycles. The predicted octanol–water partition coefficient (Wildman–Crippen LogP) is 2.15.